The second-order valence-electron chi connectivity index (χ2n) is 7.06. The molecule has 0 bridgehead atoms. The summed E-state index contributed by atoms with van der Waals surface area (Å²) in [5.41, 5.74) is 3.28. The van der Waals surface area contributed by atoms with E-state index in [-0.39, 0.29) is 18.6 Å². The standard InChI is InChI=1S/C23H26ClIN4O5/c1-4-14(3)27-22(31)23(32)29-26-12-15-10-17(25)21(19(11-15)33-5-2)34-13-20(30)28-18-9-7-6-8-16(18)24/h6-12,14H,4-5,13H2,1-3H3,(H,27,31)(H,28,30)(H,29,32)/b26-12-/t14-/m1/s1. The van der Waals surface area contributed by atoms with Gasteiger partial charge >= 0.3 is 11.8 Å². The number of nitrogens with zero attached hydrogens (tertiary/aromatic N) is 1. The predicted octanol–water partition coefficient (Wildman–Crippen LogP) is 3.73. The Bertz CT molecular complexity index is 1060. The molecule has 0 fully saturated rings. The summed E-state index contributed by atoms with van der Waals surface area (Å²) >= 11 is 8.11. The van der Waals surface area contributed by atoms with Crippen LogP contribution in [-0.2, 0) is 14.4 Å². The van der Waals surface area contributed by atoms with Crippen molar-refractivity contribution in [1.29, 1.82) is 0 Å². The maximum absolute atomic E-state index is 12.3. The molecule has 2 rings (SSSR count). The predicted molar refractivity (Wildman–Crippen MR) is 140 cm³/mol. The first kappa shape index (κ1) is 27.4. The lowest BCUT2D eigenvalue weighted by molar-refractivity contribution is -0.139. The normalized spacial score (nSPS) is 11.6. The number of hydrogen-bond acceptors (Lipinski definition) is 6. The zero-order valence-corrected chi connectivity index (χ0v) is 21.9. The Morgan fingerprint density at radius 2 is 1.88 bits per heavy atom. The number of hydrogen-bond donors (Lipinski definition) is 3. The van der Waals surface area contributed by atoms with Gasteiger partial charge < -0.3 is 20.1 Å². The Morgan fingerprint density at radius 3 is 2.56 bits per heavy atom. The van der Waals surface area contributed by atoms with E-state index in [0.717, 1.165) is 0 Å². The summed E-state index contributed by atoms with van der Waals surface area (Å²) < 4.78 is 12.0. The van der Waals surface area contributed by atoms with Gasteiger partial charge in [0.2, 0.25) is 0 Å². The van der Waals surface area contributed by atoms with E-state index in [2.05, 4.69) is 21.2 Å². The van der Waals surface area contributed by atoms with Crippen LogP contribution in [0.5, 0.6) is 11.5 Å². The number of carbonyl (C=O) groups excluding carboxylic acids is 3. The van der Waals surface area contributed by atoms with Gasteiger partial charge in [-0.15, -0.1) is 0 Å². The third-order valence-electron chi connectivity index (χ3n) is 4.40. The van der Waals surface area contributed by atoms with Crippen LogP contribution in [0.15, 0.2) is 41.5 Å². The summed E-state index contributed by atoms with van der Waals surface area (Å²) in [5, 5.41) is 9.51. The molecule has 9 nitrogen and oxygen atoms in total. The maximum atomic E-state index is 12.3. The molecule has 3 N–H and O–H groups in total. The Morgan fingerprint density at radius 1 is 1.15 bits per heavy atom. The molecule has 0 aliphatic heterocycles. The SMILES string of the molecule is CCOc1cc(/C=N\NC(=O)C(=O)N[C@H](C)CC)cc(I)c1OCC(=O)Nc1ccccc1Cl. The minimum absolute atomic E-state index is 0.114. The van der Waals surface area contributed by atoms with E-state index in [1.807, 2.05) is 36.4 Å². The van der Waals surface area contributed by atoms with Gasteiger partial charge in [-0.2, -0.15) is 5.10 Å². The molecule has 3 amide bonds. The van der Waals surface area contributed by atoms with Crippen LogP contribution in [0.25, 0.3) is 0 Å². The average Bonchev–Trinajstić information content (AvgIpc) is 2.80. The number of amides is 3. The van der Waals surface area contributed by atoms with Gasteiger partial charge in [-0.1, -0.05) is 30.7 Å². The molecule has 182 valence electrons. The van der Waals surface area contributed by atoms with Gasteiger partial charge in [-0.25, -0.2) is 5.43 Å². The first-order valence-electron chi connectivity index (χ1n) is 10.5. The molecular formula is C23H26ClIN4O5. The van der Waals surface area contributed by atoms with Crippen LogP contribution in [0, 0.1) is 3.57 Å². The third kappa shape index (κ3) is 8.49. The van der Waals surface area contributed by atoms with E-state index in [1.165, 1.54) is 6.21 Å². The molecule has 0 saturated carbocycles. The van der Waals surface area contributed by atoms with Crippen molar-refractivity contribution in [2.75, 3.05) is 18.5 Å². The zero-order valence-electron chi connectivity index (χ0n) is 19.0. The van der Waals surface area contributed by atoms with Gasteiger partial charge in [0.15, 0.2) is 18.1 Å². The molecule has 0 aromatic heterocycles. The molecule has 2 aromatic rings. The van der Waals surface area contributed by atoms with Crippen molar-refractivity contribution in [1.82, 2.24) is 10.7 Å². The largest absolute Gasteiger partial charge is 0.490 e. The van der Waals surface area contributed by atoms with Crippen LogP contribution < -0.4 is 25.5 Å². The van der Waals surface area contributed by atoms with E-state index < -0.39 is 11.8 Å². The van der Waals surface area contributed by atoms with E-state index in [9.17, 15) is 14.4 Å². The Labute approximate surface area is 216 Å². The number of halogens is 2. The van der Waals surface area contributed by atoms with E-state index in [1.54, 1.807) is 43.3 Å². The fourth-order valence-corrected chi connectivity index (χ4v) is 3.52. The van der Waals surface area contributed by atoms with Crippen molar-refractivity contribution in [3.8, 4) is 11.5 Å². The van der Waals surface area contributed by atoms with Gasteiger partial charge in [0.25, 0.3) is 5.91 Å². The minimum atomic E-state index is -0.860. The van der Waals surface area contributed by atoms with Crippen molar-refractivity contribution in [2.24, 2.45) is 5.10 Å². The van der Waals surface area contributed by atoms with E-state index >= 15 is 0 Å². The van der Waals surface area contributed by atoms with E-state index in [0.29, 0.717) is 44.4 Å². The molecule has 0 radical (unpaired) electrons. The minimum Gasteiger partial charge on any atom is -0.490 e. The van der Waals surface area contributed by atoms with E-state index in [4.69, 9.17) is 21.1 Å². The summed E-state index contributed by atoms with van der Waals surface area (Å²) in [6, 6.07) is 10.2. The van der Waals surface area contributed by atoms with Gasteiger partial charge in [0.05, 0.1) is 27.1 Å². The maximum Gasteiger partial charge on any atom is 0.329 e. The number of ether oxygens (including phenoxy) is 2. The molecule has 0 spiro atoms. The van der Waals surface area contributed by atoms with Gasteiger partial charge in [0.1, 0.15) is 0 Å². The molecule has 1 atom stereocenters. The number of rotatable bonds is 10. The molecule has 0 aliphatic rings. The summed E-state index contributed by atoms with van der Waals surface area (Å²) in [6.45, 7) is 5.63. The quantitative estimate of drug-likeness (QED) is 0.166. The first-order chi connectivity index (χ1) is 16.2. The van der Waals surface area contributed by atoms with Crippen LogP contribution in [0.4, 0.5) is 5.69 Å². The third-order valence-corrected chi connectivity index (χ3v) is 5.53. The summed E-state index contributed by atoms with van der Waals surface area (Å²) in [4.78, 5) is 35.9. The second kappa shape index (κ2) is 13.8. The molecule has 2 aromatic carbocycles. The lowest BCUT2D eigenvalue weighted by Gasteiger charge is -2.15. The topological polar surface area (TPSA) is 118 Å². The molecule has 0 aliphatic carbocycles. The van der Waals surface area contributed by atoms with Crippen LogP contribution in [0.2, 0.25) is 5.02 Å². The highest BCUT2D eigenvalue weighted by atomic mass is 127. The van der Waals surface area contributed by atoms with Crippen LogP contribution in [-0.4, -0.2) is 43.2 Å². The first-order valence-corrected chi connectivity index (χ1v) is 12.0. The highest BCUT2D eigenvalue weighted by Gasteiger charge is 2.16. The average molecular weight is 601 g/mol. The Kier molecular flexibility index (Phi) is 11.1. The Hall–Kier alpha value is -2.86. The van der Waals surface area contributed by atoms with Gasteiger partial charge in [0, 0.05) is 6.04 Å². The summed E-state index contributed by atoms with van der Waals surface area (Å²) in [7, 11) is 0. The lowest BCUT2D eigenvalue weighted by atomic mass is 10.2. The monoisotopic (exact) mass is 600 g/mol. The fourth-order valence-electron chi connectivity index (χ4n) is 2.56. The van der Waals surface area contributed by atoms with Crippen LogP contribution in [0.1, 0.15) is 32.8 Å². The highest BCUT2D eigenvalue weighted by Crippen LogP contribution is 2.34. The number of carbonyl (C=O) groups is 3. The summed E-state index contributed by atoms with van der Waals surface area (Å²) in [6.07, 6.45) is 2.09. The fraction of sp³-hybridized carbons (Fsp3) is 0.304. The number of nitrogens with one attached hydrogen (secondary N) is 3. The van der Waals surface area contributed by atoms with Crippen molar-refractivity contribution in [2.45, 2.75) is 33.2 Å². The smallest absolute Gasteiger partial charge is 0.329 e. The number of hydrazone groups is 1. The van der Waals surface area contributed by atoms with Gasteiger partial charge in [-0.05, 0) is 72.7 Å². The molecular weight excluding hydrogens is 575 g/mol. The number of para-hydroxylation sites is 1. The summed E-state index contributed by atoms with van der Waals surface area (Å²) in [5.74, 6) is -1.20. The number of anilines is 1. The zero-order chi connectivity index (χ0) is 25.1. The molecule has 0 unspecified atom stereocenters. The molecule has 0 saturated heterocycles. The van der Waals surface area contributed by atoms with Crippen LogP contribution >= 0.6 is 34.2 Å². The highest BCUT2D eigenvalue weighted by molar-refractivity contribution is 14.1. The van der Waals surface area contributed by atoms with Gasteiger partial charge in [-0.3, -0.25) is 14.4 Å². The van der Waals surface area contributed by atoms with Crippen molar-refractivity contribution < 1.29 is 23.9 Å². The second-order valence-corrected chi connectivity index (χ2v) is 8.63. The van der Waals surface area contributed by atoms with Crippen LogP contribution in [0.3, 0.4) is 0 Å². The molecule has 0 heterocycles. The molecule has 11 heteroatoms. The number of benzene rings is 2. The Balaban J connectivity index is 2.04. The molecule has 34 heavy (non-hydrogen) atoms. The van der Waals surface area contributed by atoms with Crippen molar-refractivity contribution in [3.63, 3.8) is 0 Å². The van der Waals surface area contributed by atoms with Crippen molar-refractivity contribution in [3.05, 3.63) is 50.6 Å². The lowest BCUT2D eigenvalue weighted by Crippen LogP contribution is -2.41. The van der Waals surface area contributed by atoms with Crippen molar-refractivity contribution >= 4 is 63.8 Å².